The SMILES string of the molecule is CC/C=C\C/C=C\C/C=C\CCCCCCCC(=O)O[C@@H](COC(=O)CCC/C=C\C/C=C\C/C=C\C/C=C\CCCCC)COC(=O)CCCCCCCCCCCCCCCC. The molecule has 0 radical (unpaired) electrons. The third kappa shape index (κ3) is 49.6. The van der Waals surface area contributed by atoms with E-state index in [9.17, 15) is 14.4 Å². The van der Waals surface area contributed by atoms with Crippen LogP contribution in [0.2, 0.25) is 0 Å². The molecule has 0 heterocycles. The van der Waals surface area contributed by atoms with Gasteiger partial charge in [-0.25, -0.2) is 0 Å². The molecule has 0 rings (SSSR count). The molecule has 6 nitrogen and oxygen atoms in total. The van der Waals surface area contributed by atoms with E-state index in [1.165, 1.54) is 96.3 Å². The summed E-state index contributed by atoms with van der Waals surface area (Å²) in [6.45, 7) is 6.44. The summed E-state index contributed by atoms with van der Waals surface area (Å²) in [6, 6.07) is 0. The fourth-order valence-corrected chi connectivity index (χ4v) is 7.15. The summed E-state index contributed by atoms with van der Waals surface area (Å²) in [4.78, 5) is 38.0. The Morgan fingerprint density at radius 3 is 1.05 bits per heavy atom. The summed E-state index contributed by atoms with van der Waals surface area (Å²) in [5.74, 6) is -0.973. The van der Waals surface area contributed by atoms with Crippen LogP contribution in [0, 0.1) is 0 Å². The van der Waals surface area contributed by atoms with Crippen molar-refractivity contribution in [1.82, 2.24) is 0 Å². The van der Waals surface area contributed by atoms with E-state index >= 15 is 0 Å². The van der Waals surface area contributed by atoms with Gasteiger partial charge in [0.25, 0.3) is 0 Å². The molecule has 0 saturated heterocycles. The van der Waals surface area contributed by atoms with Crippen LogP contribution in [0.15, 0.2) is 85.1 Å². The molecule has 0 aliphatic heterocycles. The normalized spacial score (nSPS) is 12.7. The third-order valence-electron chi connectivity index (χ3n) is 11.1. The van der Waals surface area contributed by atoms with Gasteiger partial charge >= 0.3 is 17.9 Å². The predicted octanol–water partition coefficient (Wildman–Crippen LogP) is 17.6. The molecule has 0 unspecified atom stereocenters. The molecule has 0 amide bonds. The maximum absolute atomic E-state index is 12.8. The third-order valence-corrected chi connectivity index (χ3v) is 11.1. The monoisotopic (exact) mass is 891 g/mol. The van der Waals surface area contributed by atoms with Crippen LogP contribution in [0.5, 0.6) is 0 Å². The van der Waals surface area contributed by atoms with E-state index < -0.39 is 6.10 Å². The lowest BCUT2D eigenvalue weighted by molar-refractivity contribution is -0.167. The van der Waals surface area contributed by atoms with E-state index in [0.29, 0.717) is 19.3 Å². The summed E-state index contributed by atoms with van der Waals surface area (Å²) in [5, 5.41) is 0. The maximum atomic E-state index is 12.8. The molecule has 0 spiro atoms. The van der Waals surface area contributed by atoms with Crippen LogP contribution in [-0.2, 0) is 28.6 Å². The number of rotatable bonds is 47. The van der Waals surface area contributed by atoms with E-state index in [1.807, 2.05) is 0 Å². The first-order valence-corrected chi connectivity index (χ1v) is 26.6. The fraction of sp³-hybridized carbons (Fsp3) is 0.707. The second-order valence-electron chi connectivity index (χ2n) is 17.4. The first kappa shape index (κ1) is 60.6. The quantitative estimate of drug-likeness (QED) is 0.0262. The number of esters is 3. The second kappa shape index (κ2) is 52.2. The Morgan fingerprint density at radius 2 is 0.625 bits per heavy atom. The Kier molecular flexibility index (Phi) is 49.4. The molecule has 0 aliphatic rings. The summed E-state index contributed by atoms with van der Waals surface area (Å²) >= 11 is 0. The minimum atomic E-state index is -0.806. The van der Waals surface area contributed by atoms with Gasteiger partial charge in [-0.2, -0.15) is 0 Å². The van der Waals surface area contributed by atoms with Crippen molar-refractivity contribution in [3.63, 3.8) is 0 Å². The Balaban J connectivity index is 4.49. The molecule has 1 atom stereocenters. The second-order valence-corrected chi connectivity index (χ2v) is 17.4. The molecule has 6 heteroatoms. The minimum absolute atomic E-state index is 0.0993. The zero-order valence-electron chi connectivity index (χ0n) is 41.8. The highest BCUT2D eigenvalue weighted by atomic mass is 16.6. The zero-order chi connectivity index (χ0) is 46.5. The van der Waals surface area contributed by atoms with Crippen molar-refractivity contribution >= 4 is 17.9 Å². The average Bonchev–Trinajstić information content (AvgIpc) is 3.29. The Hall–Kier alpha value is -3.41. The van der Waals surface area contributed by atoms with Gasteiger partial charge in [0.2, 0.25) is 0 Å². The molecule has 0 aromatic carbocycles. The highest BCUT2D eigenvalue weighted by molar-refractivity contribution is 5.71. The summed E-state index contributed by atoms with van der Waals surface area (Å²) < 4.78 is 16.8. The Morgan fingerprint density at radius 1 is 0.328 bits per heavy atom. The minimum Gasteiger partial charge on any atom is -0.462 e. The maximum Gasteiger partial charge on any atom is 0.306 e. The molecule has 0 aliphatic carbocycles. The van der Waals surface area contributed by atoms with Gasteiger partial charge in [0.1, 0.15) is 13.2 Å². The van der Waals surface area contributed by atoms with Gasteiger partial charge in [0, 0.05) is 19.3 Å². The molecule has 0 saturated carbocycles. The predicted molar refractivity (Wildman–Crippen MR) is 274 cm³/mol. The van der Waals surface area contributed by atoms with E-state index in [0.717, 1.165) is 103 Å². The number of hydrogen-bond donors (Lipinski definition) is 0. The molecule has 64 heavy (non-hydrogen) atoms. The molecule has 0 N–H and O–H groups in total. The van der Waals surface area contributed by atoms with Gasteiger partial charge in [-0.15, -0.1) is 0 Å². The summed E-state index contributed by atoms with van der Waals surface area (Å²) in [5.41, 5.74) is 0. The van der Waals surface area contributed by atoms with Crippen LogP contribution in [0.1, 0.15) is 245 Å². The number of allylic oxidation sites excluding steroid dienone is 14. The van der Waals surface area contributed by atoms with Gasteiger partial charge in [-0.3, -0.25) is 14.4 Å². The topological polar surface area (TPSA) is 78.9 Å². The van der Waals surface area contributed by atoms with Gasteiger partial charge in [0.05, 0.1) is 0 Å². The van der Waals surface area contributed by atoms with Crippen LogP contribution in [0.4, 0.5) is 0 Å². The number of hydrogen-bond acceptors (Lipinski definition) is 6. The smallest absolute Gasteiger partial charge is 0.306 e. The van der Waals surface area contributed by atoms with E-state index in [-0.39, 0.29) is 37.5 Å². The van der Waals surface area contributed by atoms with E-state index in [4.69, 9.17) is 14.2 Å². The molecule has 0 bridgehead atoms. The number of carbonyl (C=O) groups is 3. The molecule has 0 aromatic heterocycles. The van der Waals surface area contributed by atoms with Crippen molar-refractivity contribution in [1.29, 1.82) is 0 Å². The fourth-order valence-electron chi connectivity index (χ4n) is 7.15. The van der Waals surface area contributed by atoms with Gasteiger partial charge in [0.15, 0.2) is 6.10 Å². The lowest BCUT2D eigenvalue weighted by atomic mass is 10.0. The van der Waals surface area contributed by atoms with Crippen LogP contribution in [0.25, 0.3) is 0 Å². The van der Waals surface area contributed by atoms with Crippen LogP contribution >= 0.6 is 0 Å². The van der Waals surface area contributed by atoms with Crippen molar-refractivity contribution in [3.8, 4) is 0 Å². The van der Waals surface area contributed by atoms with Crippen molar-refractivity contribution in [3.05, 3.63) is 85.1 Å². The van der Waals surface area contributed by atoms with Gasteiger partial charge in [-0.1, -0.05) is 221 Å². The van der Waals surface area contributed by atoms with E-state index in [1.54, 1.807) is 0 Å². The highest BCUT2D eigenvalue weighted by Gasteiger charge is 2.19. The van der Waals surface area contributed by atoms with Gasteiger partial charge in [-0.05, 0) is 89.9 Å². The highest BCUT2D eigenvalue weighted by Crippen LogP contribution is 2.15. The molecule has 0 fully saturated rings. The molecule has 366 valence electrons. The number of carbonyl (C=O) groups excluding carboxylic acids is 3. The van der Waals surface area contributed by atoms with E-state index in [2.05, 4.69) is 106 Å². The molecule has 0 aromatic rings. The van der Waals surface area contributed by atoms with Crippen LogP contribution in [0.3, 0.4) is 0 Å². The van der Waals surface area contributed by atoms with Gasteiger partial charge < -0.3 is 14.2 Å². The lowest BCUT2D eigenvalue weighted by Crippen LogP contribution is -2.30. The summed E-state index contributed by atoms with van der Waals surface area (Å²) in [6.07, 6.45) is 67.1. The first-order valence-electron chi connectivity index (χ1n) is 26.6. The molecular weight excluding hydrogens is 793 g/mol. The largest absolute Gasteiger partial charge is 0.462 e. The van der Waals surface area contributed by atoms with Crippen LogP contribution < -0.4 is 0 Å². The van der Waals surface area contributed by atoms with Crippen molar-refractivity contribution in [2.45, 2.75) is 252 Å². The lowest BCUT2D eigenvalue weighted by Gasteiger charge is -2.18. The van der Waals surface area contributed by atoms with Crippen LogP contribution in [-0.4, -0.2) is 37.2 Å². The summed E-state index contributed by atoms with van der Waals surface area (Å²) in [7, 11) is 0. The number of ether oxygens (including phenoxy) is 3. The zero-order valence-corrected chi connectivity index (χ0v) is 41.8. The Bertz CT molecular complexity index is 1250. The van der Waals surface area contributed by atoms with Crippen molar-refractivity contribution in [2.75, 3.05) is 13.2 Å². The molecular formula is C58H98O6. The average molecular weight is 891 g/mol. The van der Waals surface area contributed by atoms with Crippen molar-refractivity contribution in [2.24, 2.45) is 0 Å². The first-order chi connectivity index (χ1) is 31.5. The van der Waals surface area contributed by atoms with Crippen molar-refractivity contribution < 1.29 is 28.6 Å². The number of unbranched alkanes of at least 4 members (excludes halogenated alkanes) is 22. The standard InChI is InChI=1S/C58H98O6/c1-4-7-10-13-16-19-22-25-28-29-31-33-36-39-42-45-48-51-57(60)63-54-55(53-62-56(59)50-47-44-41-38-35-32-27-24-21-18-15-12-9-6-3)64-58(61)52-49-46-43-40-37-34-30-26-23-20-17-14-11-8-5-2/h8,11,16-17,19-20,25-26,28,30-31,33,39,42,55H,4-7,9-10,12-15,18,21-24,27,29,32,34-38,40-41,43-54H2,1-3H3/b11-8-,19-16-,20-17-,28-25-,30-26-,33-31-,42-39-/t55-/m1/s1. The Labute approximate surface area is 395 Å².